The summed E-state index contributed by atoms with van der Waals surface area (Å²) >= 11 is 0. The van der Waals surface area contributed by atoms with Crippen LogP contribution < -0.4 is 11.2 Å². The molecular weight excluding hydrogens is 426 g/mol. The molecule has 4 heterocycles. The van der Waals surface area contributed by atoms with Crippen molar-refractivity contribution in [2.75, 3.05) is 13.1 Å². The Morgan fingerprint density at radius 3 is 2.15 bits per heavy atom. The third-order valence-corrected chi connectivity index (χ3v) is 7.22. The largest absolute Gasteiger partial charge is 0.333 e. The second-order valence-electron chi connectivity index (χ2n) is 9.19. The molecule has 1 aliphatic carbocycles. The predicted octanol–water partition coefficient (Wildman–Crippen LogP) is 0.224. The van der Waals surface area contributed by atoms with Gasteiger partial charge in [-0.25, -0.2) is 4.79 Å². The van der Waals surface area contributed by atoms with Gasteiger partial charge in [-0.2, -0.15) is 0 Å². The lowest BCUT2D eigenvalue weighted by Gasteiger charge is -2.43. The van der Waals surface area contributed by atoms with Crippen LogP contribution in [-0.4, -0.2) is 60.4 Å². The summed E-state index contributed by atoms with van der Waals surface area (Å²) in [5.41, 5.74) is -0.136. The molecule has 0 saturated carbocycles. The second kappa shape index (κ2) is 7.57. The molecule has 0 aromatic carbocycles. The van der Waals surface area contributed by atoms with E-state index in [2.05, 4.69) is 0 Å². The van der Waals surface area contributed by atoms with Gasteiger partial charge >= 0.3 is 5.69 Å². The summed E-state index contributed by atoms with van der Waals surface area (Å²) in [4.78, 5) is 67.1. The van der Waals surface area contributed by atoms with Crippen LogP contribution in [0.1, 0.15) is 36.7 Å². The van der Waals surface area contributed by atoms with Gasteiger partial charge in [0.25, 0.3) is 11.5 Å². The zero-order valence-electron chi connectivity index (χ0n) is 19.0. The standard InChI is InChI=1S/C23H27N5O5/c1-4-9-27-17(10-16-18(27)24(2)23(33)25(3)19(16)29)22(32)26-11-13(12-26)28-20(30)14-7-5-6-8-15(14)21(28)31/h5-6,10,13-15H,4,7-9,11-12H2,1-3H3. The Balaban J connectivity index is 1.42. The zero-order valence-corrected chi connectivity index (χ0v) is 19.0. The molecule has 0 spiro atoms. The molecule has 3 amide bonds. The van der Waals surface area contributed by atoms with E-state index in [9.17, 15) is 24.0 Å². The number of carbonyl (C=O) groups is 3. The van der Waals surface area contributed by atoms with Crippen LogP contribution in [-0.2, 0) is 30.2 Å². The van der Waals surface area contributed by atoms with Crippen molar-refractivity contribution < 1.29 is 14.4 Å². The number of imide groups is 1. The summed E-state index contributed by atoms with van der Waals surface area (Å²) in [6.07, 6.45) is 5.80. The molecule has 10 heteroatoms. The van der Waals surface area contributed by atoms with E-state index in [0.717, 1.165) is 4.57 Å². The molecule has 174 valence electrons. The van der Waals surface area contributed by atoms with Gasteiger partial charge in [0.1, 0.15) is 11.3 Å². The molecule has 2 atom stereocenters. The monoisotopic (exact) mass is 453 g/mol. The average Bonchev–Trinajstić information content (AvgIpc) is 3.27. The molecule has 0 radical (unpaired) electrons. The van der Waals surface area contributed by atoms with Gasteiger partial charge in [-0.3, -0.25) is 33.2 Å². The van der Waals surface area contributed by atoms with E-state index in [-0.39, 0.29) is 48.7 Å². The normalized spacial score (nSPS) is 22.9. The first-order chi connectivity index (χ1) is 15.8. The summed E-state index contributed by atoms with van der Waals surface area (Å²) in [6, 6.07) is 1.23. The Morgan fingerprint density at radius 1 is 0.970 bits per heavy atom. The zero-order chi connectivity index (χ0) is 23.6. The highest BCUT2D eigenvalue weighted by atomic mass is 16.2. The number of nitrogens with zero attached hydrogens (tertiary/aromatic N) is 5. The van der Waals surface area contributed by atoms with Gasteiger partial charge in [0, 0.05) is 33.7 Å². The van der Waals surface area contributed by atoms with Crippen molar-refractivity contribution in [3.05, 3.63) is 44.8 Å². The highest BCUT2D eigenvalue weighted by molar-refractivity contribution is 6.06. The molecular formula is C23H27N5O5. The number of hydrogen-bond acceptors (Lipinski definition) is 5. The van der Waals surface area contributed by atoms with Crippen LogP contribution in [0.25, 0.3) is 11.0 Å². The average molecular weight is 453 g/mol. The Bertz CT molecular complexity index is 1310. The third kappa shape index (κ3) is 2.96. The van der Waals surface area contributed by atoms with Crippen molar-refractivity contribution in [3.63, 3.8) is 0 Å². The Kier molecular flexibility index (Phi) is 4.91. The van der Waals surface area contributed by atoms with E-state index in [1.165, 1.54) is 16.5 Å². The van der Waals surface area contributed by atoms with Crippen molar-refractivity contribution in [2.24, 2.45) is 25.9 Å². The molecule has 0 N–H and O–H groups in total. The molecule has 2 aromatic rings. The molecule has 2 aromatic heterocycles. The van der Waals surface area contributed by atoms with Crippen molar-refractivity contribution in [1.29, 1.82) is 0 Å². The highest BCUT2D eigenvalue weighted by Crippen LogP contribution is 2.37. The number of carbonyl (C=O) groups excluding carboxylic acids is 3. The summed E-state index contributed by atoms with van der Waals surface area (Å²) in [5.74, 6) is -1.10. The van der Waals surface area contributed by atoms with Gasteiger partial charge in [-0.1, -0.05) is 19.1 Å². The molecule has 2 unspecified atom stereocenters. The van der Waals surface area contributed by atoms with Gasteiger partial charge in [0.2, 0.25) is 11.8 Å². The van der Waals surface area contributed by atoms with Gasteiger partial charge < -0.3 is 9.47 Å². The molecule has 3 aliphatic rings. The predicted molar refractivity (Wildman–Crippen MR) is 120 cm³/mol. The number of fused-ring (bicyclic) bond motifs is 2. The fourth-order valence-electron chi connectivity index (χ4n) is 5.40. The van der Waals surface area contributed by atoms with E-state index >= 15 is 0 Å². The lowest BCUT2D eigenvalue weighted by Crippen LogP contribution is -2.62. The van der Waals surface area contributed by atoms with Gasteiger partial charge in [0.05, 0.1) is 23.3 Å². The first-order valence-corrected chi connectivity index (χ1v) is 11.4. The molecule has 33 heavy (non-hydrogen) atoms. The van der Waals surface area contributed by atoms with Crippen LogP contribution in [0.2, 0.25) is 0 Å². The molecule has 2 fully saturated rings. The second-order valence-corrected chi connectivity index (χ2v) is 9.19. The molecule has 10 nitrogen and oxygen atoms in total. The van der Waals surface area contributed by atoms with Crippen LogP contribution in [0.4, 0.5) is 0 Å². The van der Waals surface area contributed by atoms with Crippen molar-refractivity contribution in [2.45, 2.75) is 38.8 Å². The van der Waals surface area contributed by atoms with Gasteiger partial charge in [-0.05, 0) is 25.3 Å². The number of rotatable bonds is 4. The van der Waals surface area contributed by atoms with Crippen LogP contribution in [0.15, 0.2) is 27.8 Å². The summed E-state index contributed by atoms with van der Waals surface area (Å²) in [6.45, 7) is 2.97. The maximum absolute atomic E-state index is 13.4. The SMILES string of the molecule is CCCn1c(C(=O)N2CC(N3C(=O)C4CC=CCC4C3=O)C2)cc2c(=O)n(C)c(=O)n(C)c21. The van der Waals surface area contributed by atoms with E-state index in [1.807, 2.05) is 19.1 Å². The number of aryl methyl sites for hydroxylation is 2. The van der Waals surface area contributed by atoms with Gasteiger partial charge in [-0.15, -0.1) is 0 Å². The minimum Gasteiger partial charge on any atom is -0.333 e. The third-order valence-electron chi connectivity index (χ3n) is 7.22. The first-order valence-electron chi connectivity index (χ1n) is 11.4. The van der Waals surface area contributed by atoms with Crippen molar-refractivity contribution in [1.82, 2.24) is 23.5 Å². The minimum absolute atomic E-state index is 0.134. The molecule has 5 rings (SSSR count). The van der Waals surface area contributed by atoms with Gasteiger partial charge in [0.15, 0.2) is 0 Å². The van der Waals surface area contributed by atoms with Crippen LogP contribution >= 0.6 is 0 Å². The summed E-state index contributed by atoms with van der Waals surface area (Å²) < 4.78 is 4.14. The summed E-state index contributed by atoms with van der Waals surface area (Å²) in [7, 11) is 3.00. The number of hydrogen-bond donors (Lipinski definition) is 0. The van der Waals surface area contributed by atoms with E-state index in [4.69, 9.17) is 0 Å². The fourth-order valence-corrected chi connectivity index (χ4v) is 5.40. The topological polar surface area (TPSA) is 107 Å². The fraction of sp³-hybridized carbons (Fsp3) is 0.522. The van der Waals surface area contributed by atoms with Crippen molar-refractivity contribution >= 4 is 28.8 Å². The van der Waals surface area contributed by atoms with Crippen molar-refractivity contribution in [3.8, 4) is 0 Å². The Morgan fingerprint density at radius 2 is 1.58 bits per heavy atom. The van der Waals surface area contributed by atoms with Crippen LogP contribution in [0, 0.1) is 11.8 Å². The lowest BCUT2D eigenvalue weighted by atomic mass is 9.85. The van der Waals surface area contributed by atoms with E-state index < -0.39 is 11.2 Å². The van der Waals surface area contributed by atoms with Crippen LogP contribution in [0.5, 0.6) is 0 Å². The molecule has 0 bridgehead atoms. The number of amides is 3. The minimum atomic E-state index is -0.451. The molecule has 2 saturated heterocycles. The molecule has 2 aliphatic heterocycles. The summed E-state index contributed by atoms with van der Waals surface area (Å²) in [5, 5.41) is 0.315. The lowest BCUT2D eigenvalue weighted by molar-refractivity contribution is -0.145. The number of aromatic nitrogens is 3. The number of likely N-dealkylation sites (tertiary alicyclic amines) is 2. The maximum atomic E-state index is 13.4. The highest BCUT2D eigenvalue weighted by Gasteiger charge is 2.52. The number of allylic oxidation sites excluding steroid dienone is 2. The Labute approximate surface area is 189 Å². The van der Waals surface area contributed by atoms with E-state index in [0.29, 0.717) is 42.5 Å². The first kappa shape index (κ1) is 21.4. The Hall–Kier alpha value is -3.43. The quantitative estimate of drug-likeness (QED) is 0.487. The van der Waals surface area contributed by atoms with Crippen LogP contribution in [0.3, 0.4) is 0 Å². The van der Waals surface area contributed by atoms with E-state index in [1.54, 1.807) is 22.6 Å². The smallest absolute Gasteiger partial charge is 0.332 e. The maximum Gasteiger partial charge on any atom is 0.332 e.